The number of aliphatic hydroxyl groups is 1. The zero-order chi connectivity index (χ0) is 32.7. The van der Waals surface area contributed by atoms with E-state index in [4.69, 9.17) is 21.1 Å². The number of carbonyl (C=O) groups excluding carboxylic acids is 2. The third-order valence-corrected chi connectivity index (χ3v) is 11.3. The lowest BCUT2D eigenvalue weighted by Crippen LogP contribution is -2.71. The number of benzene rings is 2. The molecule has 3 fully saturated rings. The lowest BCUT2D eigenvalue weighted by atomic mass is 9.44. The molecular weight excluding hydrogens is 610 g/mol. The molecule has 0 spiro atoms. The Balaban J connectivity index is 1.31. The minimum absolute atomic E-state index is 0.0284. The first-order valence-electron chi connectivity index (χ1n) is 14.8. The van der Waals surface area contributed by atoms with Crippen LogP contribution in [0.2, 0.25) is 5.02 Å². The standard InChI is InChI=1S/C34H33ClF2O8/c1-17-12-22-23-15-26(36)24-13-19(38)10-11-31(24,2)33(23,37)28(40)16-32(22,3)34(17,30(42)43)45-29(41)18-4-6-20(7-5-18)44-21-8-9-27(39)25(35)14-21/h4-11,13-14,17,22-23,26,28,39-40H,12,15-16H2,1-3H3,(H,42,43)/t17-,22+,23+,26+,28+,31+,32+,33+,34+/m1/s1. The van der Waals surface area contributed by atoms with Crippen molar-refractivity contribution in [3.8, 4) is 17.2 Å². The number of aromatic hydroxyl groups is 1. The van der Waals surface area contributed by atoms with Gasteiger partial charge in [0, 0.05) is 28.7 Å². The number of carboxylic acid groups (broad SMARTS) is 1. The van der Waals surface area contributed by atoms with Crippen LogP contribution in [0.4, 0.5) is 8.78 Å². The number of allylic oxidation sites excluding steroid dienone is 4. The fourth-order valence-electron chi connectivity index (χ4n) is 8.79. The van der Waals surface area contributed by atoms with Crippen LogP contribution in [0.3, 0.4) is 0 Å². The molecule has 0 aromatic heterocycles. The summed E-state index contributed by atoms with van der Waals surface area (Å²) in [6, 6.07) is 10.0. The summed E-state index contributed by atoms with van der Waals surface area (Å²) in [5, 5.41) is 32.0. The van der Waals surface area contributed by atoms with Crippen molar-refractivity contribution in [2.75, 3.05) is 0 Å². The van der Waals surface area contributed by atoms with Crippen LogP contribution < -0.4 is 4.74 Å². The number of phenols is 1. The maximum Gasteiger partial charge on any atom is 0.349 e. The van der Waals surface area contributed by atoms with Crippen molar-refractivity contribution in [3.05, 3.63) is 76.9 Å². The van der Waals surface area contributed by atoms with Gasteiger partial charge >= 0.3 is 11.9 Å². The SMILES string of the molecule is C[C@@H]1C[C@H]2[C@@H]3C[C@H](F)C4=CC(=O)C=C[C@]4(C)[C@@]3(F)[C@@H](O)C[C@]2(C)[C@@]1(OC(=O)c1ccc(Oc2ccc(O)c(Cl)c2)cc1)C(=O)O. The van der Waals surface area contributed by atoms with E-state index in [9.17, 15) is 29.7 Å². The molecule has 0 heterocycles. The van der Waals surface area contributed by atoms with Crippen LogP contribution in [0.25, 0.3) is 0 Å². The summed E-state index contributed by atoms with van der Waals surface area (Å²) in [6.07, 6.45) is -0.415. The molecule has 2 aromatic rings. The number of ether oxygens (including phenoxy) is 2. The van der Waals surface area contributed by atoms with Gasteiger partial charge in [0.25, 0.3) is 0 Å². The molecule has 4 aliphatic rings. The van der Waals surface area contributed by atoms with Crippen molar-refractivity contribution in [1.82, 2.24) is 0 Å². The zero-order valence-corrected chi connectivity index (χ0v) is 25.6. The van der Waals surface area contributed by atoms with E-state index < -0.39 is 69.9 Å². The maximum absolute atomic E-state index is 17.5. The molecule has 6 rings (SSSR count). The molecule has 4 aliphatic carbocycles. The van der Waals surface area contributed by atoms with Crippen LogP contribution in [0.15, 0.2) is 66.3 Å². The fourth-order valence-corrected chi connectivity index (χ4v) is 8.96. The summed E-state index contributed by atoms with van der Waals surface area (Å²) < 4.78 is 44.9. The van der Waals surface area contributed by atoms with Crippen LogP contribution in [-0.2, 0) is 14.3 Å². The van der Waals surface area contributed by atoms with Gasteiger partial charge in [0.1, 0.15) is 23.4 Å². The van der Waals surface area contributed by atoms with Gasteiger partial charge in [-0.25, -0.2) is 18.4 Å². The molecule has 11 heteroatoms. The van der Waals surface area contributed by atoms with Gasteiger partial charge in [0.2, 0.25) is 5.60 Å². The Labute approximate surface area is 263 Å². The third kappa shape index (κ3) is 4.28. The summed E-state index contributed by atoms with van der Waals surface area (Å²) in [5.41, 5.74) is -7.62. The predicted molar refractivity (Wildman–Crippen MR) is 159 cm³/mol. The Morgan fingerprint density at radius 3 is 2.36 bits per heavy atom. The number of carboxylic acids is 1. The van der Waals surface area contributed by atoms with E-state index in [1.165, 1.54) is 61.5 Å². The van der Waals surface area contributed by atoms with Gasteiger partial charge in [-0.3, -0.25) is 4.79 Å². The Hall–Kier alpha value is -3.76. The quantitative estimate of drug-likeness (QED) is 0.320. The van der Waals surface area contributed by atoms with Crippen LogP contribution in [0, 0.1) is 28.6 Å². The van der Waals surface area contributed by atoms with Gasteiger partial charge in [-0.1, -0.05) is 31.5 Å². The molecule has 0 amide bonds. The normalized spacial score (nSPS) is 38.4. The number of ketones is 1. The second-order valence-electron chi connectivity index (χ2n) is 13.2. The van der Waals surface area contributed by atoms with Gasteiger partial charge in [-0.2, -0.15) is 0 Å². The number of aliphatic carboxylic acids is 1. The molecule has 45 heavy (non-hydrogen) atoms. The number of rotatable bonds is 5. The minimum Gasteiger partial charge on any atom is -0.506 e. The average Bonchev–Trinajstić information content (AvgIpc) is 3.20. The molecular formula is C34H33ClF2O8. The van der Waals surface area contributed by atoms with Gasteiger partial charge in [-0.05, 0) is 86.2 Å². The van der Waals surface area contributed by atoms with Crippen molar-refractivity contribution in [2.45, 2.75) is 63.6 Å². The second-order valence-corrected chi connectivity index (χ2v) is 13.6. The van der Waals surface area contributed by atoms with Crippen LogP contribution >= 0.6 is 11.6 Å². The molecule has 0 bridgehead atoms. The largest absolute Gasteiger partial charge is 0.506 e. The highest BCUT2D eigenvalue weighted by molar-refractivity contribution is 6.32. The van der Waals surface area contributed by atoms with Gasteiger partial charge in [0.05, 0.1) is 16.7 Å². The van der Waals surface area contributed by atoms with Gasteiger partial charge < -0.3 is 24.8 Å². The summed E-state index contributed by atoms with van der Waals surface area (Å²) >= 11 is 5.93. The molecule has 238 valence electrons. The van der Waals surface area contributed by atoms with E-state index in [0.717, 1.165) is 6.08 Å². The van der Waals surface area contributed by atoms with E-state index >= 15 is 8.78 Å². The summed E-state index contributed by atoms with van der Waals surface area (Å²) in [4.78, 5) is 38.8. The topological polar surface area (TPSA) is 130 Å². The molecule has 3 N–H and O–H groups in total. The fraction of sp³-hybridized carbons (Fsp3) is 0.441. The Morgan fingerprint density at radius 1 is 1.04 bits per heavy atom. The lowest BCUT2D eigenvalue weighted by molar-refractivity contribution is -0.229. The smallest absolute Gasteiger partial charge is 0.349 e. The van der Waals surface area contributed by atoms with Crippen molar-refractivity contribution >= 4 is 29.3 Å². The van der Waals surface area contributed by atoms with Crippen molar-refractivity contribution in [1.29, 1.82) is 0 Å². The van der Waals surface area contributed by atoms with E-state index in [0.29, 0.717) is 11.5 Å². The first-order valence-corrected chi connectivity index (χ1v) is 15.2. The van der Waals surface area contributed by atoms with Gasteiger partial charge in [-0.15, -0.1) is 0 Å². The lowest BCUT2D eigenvalue weighted by Gasteiger charge is -2.62. The Kier molecular flexibility index (Phi) is 7.21. The molecule has 0 radical (unpaired) electrons. The number of phenolic OH excluding ortho intramolecular Hbond substituents is 1. The summed E-state index contributed by atoms with van der Waals surface area (Å²) in [6.45, 7) is 4.66. The first kappa shape index (κ1) is 31.2. The van der Waals surface area contributed by atoms with Crippen LogP contribution in [0.1, 0.15) is 50.4 Å². The molecule has 0 unspecified atom stereocenters. The van der Waals surface area contributed by atoms with Crippen molar-refractivity contribution in [2.24, 2.45) is 28.6 Å². The number of alkyl halides is 2. The van der Waals surface area contributed by atoms with Crippen LogP contribution in [0.5, 0.6) is 17.2 Å². The number of hydrogen-bond acceptors (Lipinski definition) is 7. The molecule has 0 saturated heterocycles. The van der Waals surface area contributed by atoms with E-state index in [1.807, 2.05) is 0 Å². The zero-order valence-electron chi connectivity index (χ0n) is 24.8. The Morgan fingerprint density at radius 2 is 1.71 bits per heavy atom. The monoisotopic (exact) mass is 642 g/mol. The van der Waals surface area contributed by atoms with Gasteiger partial charge in [0.15, 0.2) is 11.5 Å². The highest BCUT2D eigenvalue weighted by atomic mass is 35.5. The number of halogens is 3. The third-order valence-electron chi connectivity index (χ3n) is 11.0. The number of carbonyl (C=O) groups is 3. The van der Waals surface area contributed by atoms with Crippen molar-refractivity contribution < 1.29 is 48.0 Å². The molecule has 0 aliphatic heterocycles. The van der Waals surface area contributed by atoms with E-state index in [2.05, 4.69) is 0 Å². The molecule has 3 saturated carbocycles. The molecule has 8 nitrogen and oxygen atoms in total. The highest BCUT2D eigenvalue weighted by Gasteiger charge is 2.78. The highest BCUT2D eigenvalue weighted by Crippen LogP contribution is 2.71. The number of hydrogen-bond donors (Lipinski definition) is 3. The summed E-state index contributed by atoms with van der Waals surface area (Å²) in [7, 11) is 0. The summed E-state index contributed by atoms with van der Waals surface area (Å²) in [5.74, 6) is -4.96. The predicted octanol–water partition coefficient (Wildman–Crippen LogP) is 6.38. The number of aliphatic hydroxyl groups excluding tert-OH is 1. The maximum atomic E-state index is 17.5. The van der Waals surface area contributed by atoms with E-state index in [1.54, 1.807) is 13.8 Å². The number of fused-ring (bicyclic) bond motifs is 5. The minimum atomic E-state index is -2.39. The second kappa shape index (κ2) is 10.4. The number of esters is 1. The average molecular weight is 643 g/mol. The van der Waals surface area contributed by atoms with E-state index in [-0.39, 0.29) is 41.2 Å². The first-order chi connectivity index (χ1) is 21.1. The molecule has 9 atom stereocenters. The van der Waals surface area contributed by atoms with Crippen LogP contribution in [-0.4, -0.2) is 56.6 Å². The Bertz CT molecular complexity index is 1660. The molecule has 2 aromatic carbocycles. The van der Waals surface area contributed by atoms with Crippen molar-refractivity contribution in [3.63, 3.8) is 0 Å².